The van der Waals surface area contributed by atoms with Gasteiger partial charge in [0.2, 0.25) is 0 Å². The molecule has 0 heterocycles. The average Bonchev–Trinajstić information content (AvgIpc) is 2.94. The van der Waals surface area contributed by atoms with Crippen molar-refractivity contribution in [3.63, 3.8) is 0 Å². The molecule has 1 saturated carbocycles. The largest absolute Gasteiger partial charge is 0.316 e. The van der Waals surface area contributed by atoms with Gasteiger partial charge in [-0.15, -0.1) is 11.6 Å². The van der Waals surface area contributed by atoms with E-state index < -0.39 is 0 Å². The van der Waals surface area contributed by atoms with E-state index in [0.29, 0.717) is 0 Å². The van der Waals surface area contributed by atoms with Crippen LogP contribution < -0.4 is 5.32 Å². The molecule has 1 aliphatic rings. The Bertz CT molecular complexity index is 123. The maximum atomic E-state index is 5.72. The van der Waals surface area contributed by atoms with Crippen LogP contribution in [0.5, 0.6) is 0 Å². The third kappa shape index (κ3) is 5.53. The second kappa shape index (κ2) is 6.67. The van der Waals surface area contributed by atoms with Crippen molar-refractivity contribution in [3.8, 4) is 0 Å². The minimum atomic E-state index is 0.789. The molecule has 1 nitrogen and oxygen atoms in total. The van der Waals surface area contributed by atoms with Gasteiger partial charge in [0.05, 0.1) is 0 Å². The van der Waals surface area contributed by atoms with Gasteiger partial charge in [-0.1, -0.05) is 26.2 Å². The number of hydrogen-bond donors (Lipinski definition) is 1. The van der Waals surface area contributed by atoms with Crippen LogP contribution in [0.15, 0.2) is 0 Å². The molecular formula is C11H22ClN. The van der Waals surface area contributed by atoms with Crippen molar-refractivity contribution in [2.75, 3.05) is 19.0 Å². The van der Waals surface area contributed by atoms with E-state index in [1.165, 1.54) is 32.2 Å². The highest BCUT2D eigenvalue weighted by molar-refractivity contribution is 6.17. The fraction of sp³-hybridized carbons (Fsp3) is 1.00. The first-order valence-corrected chi connectivity index (χ1v) is 6.17. The molecule has 2 heteroatoms. The topological polar surface area (TPSA) is 12.0 Å². The number of nitrogens with one attached hydrogen (secondary N) is 1. The maximum absolute atomic E-state index is 5.72. The Morgan fingerprint density at radius 2 is 2.23 bits per heavy atom. The normalized spacial score (nSPS) is 18.9. The zero-order valence-corrected chi connectivity index (χ0v) is 9.45. The van der Waals surface area contributed by atoms with E-state index in [1.807, 2.05) is 0 Å². The first-order chi connectivity index (χ1) is 6.36. The predicted molar refractivity (Wildman–Crippen MR) is 59.3 cm³/mol. The highest BCUT2D eigenvalue weighted by atomic mass is 35.5. The van der Waals surface area contributed by atoms with E-state index in [2.05, 4.69) is 12.2 Å². The summed E-state index contributed by atoms with van der Waals surface area (Å²) in [5, 5.41) is 3.53. The summed E-state index contributed by atoms with van der Waals surface area (Å²) in [5.74, 6) is 2.65. The Balaban J connectivity index is 1.88. The number of halogens is 1. The van der Waals surface area contributed by atoms with Crippen LogP contribution in [-0.2, 0) is 0 Å². The van der Waals surface area contributed by atoms with E-state index in [0.717, 1.165) is 30.7 Å². The molecule has 0 aromatic carbocycles. The molecule has 0 bridgehead atoms. The summed E-state index contributed by atoms with van der Waals surface area (Å²) in [4.78, 5) is 0. The van der Waals surface area contributed by atoms with Crippen LogP contribution in [0, 0.1) is 11.8 Å². The van der Waals surface area contributed by atoms with E-state index in [9.17, 15) is 0 Å². The predicted octanol–water partition coefficient (Wildman–Crippen LogP) is 3.03. The first kappa shape index (κ1) is 11.3. The second-order valence-electron chi connectivity index (χ2n) is 4.19. The van der Waals surface area contributed by atoms with Crippen molar-refractivity contribution in [3.05, 3.63) is 0 Å². The van der Waals surface area contributed by atoms with Gasteiger partial charge in [-0.2, -0.15) is 0 Å². The molecule has 1 fully saturated rings. The van der Waals surface area contributed by atoms with Crippen molar-refractivity contribution in [1.29, 1.82) is 0 Å². The lowest BCUT2D eigenvalue weighted by Crippen LogP contribution is -2.24. The Kier molecular flexibility index (Phi) is 5.81. The monoisotopic (exact) mass is 203 g/mol. The van der Waals surface area contributed by atoms with Crippen molar-refractivity contribution < 1.29 is 0 Å². The molecule has 1 unspecified atom stereocenters. The minimum Gasteiger partial charge on any atom is -0.316 e. The van der Waals surface area contributed by atoms with Crippen LogP contribution in [0.3, 0.4) is 0 Å². The van der Waals surface area contributed by atoms with E-state index in [-0.39, 0.29) is 0 Å². The molecular weight excluding hydrogens is 182 g/mol. The fourth-order valence-electron chi connectivity index (χ4n) is 1.62. The van der Waals surface area contributed by atoms with E-state index in [1.54, 1.807) is 0 Å². The first-order valence-electron chi connectivity index (χ1n) is 5.63. The summed E-state index contributed by atoms with van der Waals surface area (Å²) in [6, 6.07) is 0. The highest BCUT2D eigenvalue weighted by Gasteiger charge is 2.20. The minimum absolute atomic E-state index is 0.789. The molecule has 78 valence electrons. The molecule has 1 rings (SSSR count). The van der Waals surface area contributed by atoms with Gasteiger partial charge >= 0.3 is 0 Å². The Labute approximate surface area is 87.2 Å². The number of hydrogen-bond acceptors (Lipinski definition) is 1. The standard InChI is InChI=1S/C11H22ClN/c1-2-10(5-7-12)9-13-8-6-11-3-4-11/h10-11,13H,2-9H2,1H3. The third-order valence-electron chi connectivity index (χ3n) is 2.95. The van der Waals surface area contributed by atoms with Crippen LogP contribution in [0.1, 0.15) is 39.0 Å². The molecule has 13 heavy (non-hydrogen) atoms. The quantitative estimate of drug-likeness (QED) is 0.473. The average molecular weight is 204 g/mol. The Morgan fingerprint density at radius 3 is 2.77 bits per heavy atom. The van der Waals surface area contributed by atoms with E-state index >= 15 is 0 Å². The summed E-state index contributed by atoms with van der Waals surface area (Å²) in [5.41, 5.74) is 0. The van der Waals surface area contributed by atoms with Gasteiger partial charge in [0, 0.05) is 5.88 Å². The zero-order valence-electron chi connectivity index (χ0n) is 8.69. The van der Waals surface area contributed by atoms with Crippen molar-refractivity contribution in [2.24, 2.45) is 11.8 Å². The number of alkyl halides is 1. The third-order valence-corrected chi connectivity index (χ3v) is 3.17. The second-order valence-corrected chi connectivity index (χ2v) is 4.57. The summed E-state index contributed by atoms with van der Waals surface area (Å²) < 4.78 is 0. The molecule has 0 amide bonds. The Hall–Kier alpha value is 0.250. The SMILES string of the molecule is CCC(CCCl)CNCCC1CC1. The molecule has 0 aromatic heterocycles. The molecule has 0 spiro atoms. The summed E-state index contributed by atoms with van der Waals surface area (Å²) >= 11 is 5.72. The molecule has 1 aliphatic carbocycles. The van der Waals surface area contributed by atoms with Crippen LogP contribution >= 0.6 is 11.6 Å². The van der Waals surface area contributed by atoms with Crippen molar-refractivity contribution in [2.45, 2.75) is 39.0 Å². The fourth-order valence-corrected chi connectivity index (χ4v) is 1.93. The van der Waals surface area contributed by atoms with Crippen LogP contribution in [0.25, 0.3) is 0 Å². The summed E-state index contributed by atoms with van der Waals surface area (Å²) in [7, 11) is 0. The van der Waals surface area contributed by atoms with Crippen LogP contribution in [0.4, 0.5) is 0 Å². The van der Waals surface area contributed by atoms with Gasteiger partial charge in [0.15, 0.2) is 0 Å². The van der Waals surface area contributed by atoms with Gasteiger partial charge in [-0.05, 0) is 37.8 Å². The molecule has 0 saturated heterocycles. The lowest BCUT2D eigenvalue weighted by molar-refractivity contribution is 0.446. The highest BCUT2D eigenvalue weighted by Crippen LogP contribution is 2.31. The molecule has 0 aliphatic heterocycles. The van der Waals surface area contributed by atoms with Gasteiger partial charge in [0.25, 0.3) is 0 Å². The maximum Gasteiger partial charge on any atom is 0.0226 e. The van der Waals surface area contributed by atoms with Gasteiger partial charge in [-0.25, -0.2) is 0 Å². The van der Waals surface area contributed by atoms with Crippen LogP contribution in [0.2, 0.25) is 0 Å². The van der Waals surface area contributed by atoms with E-state index in [4.69, 9.17) is 11.6 Å². The Morgan fingerprint density at radius 1 is 1.46 bits per heavy atom. The van der Waals surface area contributed by atoms with Gasteiger partial charge in [-0.3, -0.25) is 0 Å². The molecule has 1 atom stereocenters. The summed E-state index contributed by atoms with van der Waals surface area (Å²) in [6.45, 7) is 4.62. The van der Waals surface area contributed by atoms with Gasteiger partial charge in [0.1, 0.15) is 0 Å². The lowest BCUT2D eigenvalue weighted by atomic mass is 10.0. The molecule has 1 N–H and O–H groups in total. The zero-order chi connectivity index (χ0) is 9.52. The summed E-state index contributed by atoms with van der Waals surface area (Å²) in [6.07, 6.45) is 6.75. The molecule has 0 radical (unpaired) electrons. The van der Waals surface area contributed by atoms with Crippen LogP contribution in [-0.4, -0.2) is 19.0 Å². The van der Waals surface area contributed by atoms with Crippen molar-refractivity contribution >= 4 is 11.6 Å². The number of rotatable bonds is 8. The van der Waals surface area contributed by atoms with Crippen molar-refractivity contribution in [1.82, 2.24) is 5.32 Å². The smallest absolute Gasteiger partial charge is 0.0226 e. The molecule has 0 aromatic rings. The lowest BCUT2D eigenvalue weighted by Gasteiger charge is -2.13. The van der Waals surface area contributed by atoms with Gasteiger partial charge < -0.3 is 5.32 Å².